The van der Waals surface area contributed by atoms with Crippen LogP contribution >= 0.6 is 0 Å². The Morgan fingerprint density at radius 1 is 0.305 bits per heavy atom. The van der Waals surface area contributed by atoms with Gasteiger partial charge in [0.05, 0.1) is 66.7 Å². The lowest BCUT2D eigenvalue weighted by atomic mass is 9.79. The molecule has 0 radical (unpaired) electrons. The molecular weight excluding hydrogens is 1170 g/mol. The first-order valence-electron chi connectivity index (χ1n) is 31.5. The highest BCUT2D eigenvalue weighted by atomic mass is 16.7. The molecule has 17 rings (SSSR count). The van der Waals surface area contributed by atoms with Crippen molar-refractivity contribution in [2.24, 2.45) is 0 Å². The van der Waals surface area contributed by atoms with Crippen LogP contribution in [-0.2, 0) is 9.31 Å². The molecule has 10 aromatic carbocycles. The summed E-state index contributed by atoms with van der Waals surface area (Å²) in [4.78, 5) is 35.7. The van der Waals surface area contributed by atoms with Crippen LogP contribution in [-0.4, -0.2) is 66.9 Å². The number of hydrogen-bond acceptors (Lipinski definition) is 9. The van der Waals surface area contributed by atoms with Crippen LogP contribution in [0.3, 0.4) is 0 Å². The molecule has 6 aromatic heterocycles. The number of fused-ring (bicyclic) bond motifs is 4. The smallest absolute Gasteiger partial charge is 0.399 e. The summed E-state index contributed by atoms with van der Waals surface area (Å²) in [6.45, 7) is 8.29. The van der Waals surface area contributed by atoms with Crippen molar-refractivity contribution in [2.45, 2.75) is 46.3 Å². The van der Waals surface area contributed by atoms with Gasteiger partial charge in [-0.1, -0.05) is 195 Å². The minimum atomic E-state index is -0.364. The second kappa shape index (κ2) is 24.7. The summed E-state index contributed by atoms with van der Waals surface area (Å²) in [5.41, 5.74) is 20.8. The topological polar surface area (TPSA) is 123 Å². The molecule has 1 aliphatic heterocycles. The molecule has 0 unspecified atom stereocenters. The molecular formula is C82H65BN10O2. The van der Waals surface area contributed by atoms with Gasteiger partial charge in [-0.15, -0.1) is 0 Å². The Balaban J connectivity index is 0.000000200. The standard InChI is InChI=1S/C56H36N8.C25H25BN2O2.CH4/c1-3-15-41(16-4-1)63-49-23-9-7-19-45(49)59-55(63)39-29-25-37(26-30-39)43-33-34-44(52-51(43)61-53(47-21-11-13-35-57-47)54(62-52)48-22-12-14-36-58-48)38-27-31-40(32-28-38)56-60-46-20-8-10-24-50(46)64(56)42-17-5-2-6-18-42;1-24(2)25(3,4)30-26(29-24)19-16-14-18(15-17-19)23-27-21-12-8-9-13-22(21)28(23)20-10-6-5-7-11-20;/h1-36H;5-17H,1-4H3;1H4. The third-order valence-corrected chi connectivity index (χ3v) is 18.0. The second-order valence-corrected chi connectivity index (χ2v) is 24.4. The van der Waals surface area contributed by atoms with E-state index in [9.17, 15) is 0 Å². The fraction of sp³-hybridized carbons (Fsp3) is 0.0854. The average Bonchev–Trinajstić information content (AvgIpc) is 1.74. The SMILES string of the molecule is C.CC1(C)OB(c2ccc(-c3nc4ccccc4n3-c3ccccc3)cc2)OC1(C)C.c1ccc(-n2c(-c3ccc(-c4ccc(-c5ccc(-c6nc7ccccc7n6-c6ccccc6)cc5)c5nc(-c6ccccn6)c(-c6ccccn6)nc45)cc3)nc3ccccc32)cc1. The van der Waals surface area contributed by atoms with Crippen LogP contribution in [0.2, 0.25) is 0 Å². The zero-order valence-corrected chi connectivity index (χ0v) is 52.2. The number of aromatic nitrogens is 10. The van der Waals surface area contributed by atoms with E-state index < -0.39 is 0 Å². The molecule has 0 atom stereocenters. The molecule has 458 valence electrons. The van der Waals surface area contributed by atoms with Crippen molar-refractivity contribution in [2.75, 3.05) is 0 Å². The van der Waals surface area contributed by atoms with Crippen molar-refractivity contribution in [3.63, 3.8) is 0 Å². The van der Waals surface area contributed by atoms with E-state index in [1.165, 1.54) is 0 Å². The molecule has 16 aromatic rings. The lowest BCUT2D eigenvalue weighted by Gasteiger charge is -2.32. The van der Waals surface area contributed by atoms with Gasteiger partial charge in [0.15, 0.2) is 0 Å². The van der Waals surface area contributed by atoms with Gasteiger partial charge in [0.25, 0.3) is 0 Å². The number of nitrogens with zero attached hydrogens (tertiary/aromatic N) is 10. The van der Waals surface area contributed by atoms with Crippen LogP contribution in [0.1, 0.15) is 35.1 Å². The highest BCUT2D eigenvalue weighted by Gasteiger charge is 2.51. The molecule has 1 fully saturated rings. The van der Waals surface area contributed by atoms with Crippen LogP contribution in [0.4, 0.5) is 0 Å². The molecule has 13 heteroatoms. The summed E-state index contributed by atoms with van der Waals surface area (Å²) in [5, 5.41) is 0. The second-order valence-electron chi connectivity index (χ2n) is 24.4. The Hall–Kier alpha value is -11.8. The fourth-order valence-electron chi connectivity index (χ4n) is 12.5. The maximum atomic E-state index is 6.19. The van der Waals surface area contributed by atoms with E-state index in [-0.39, 0.29) is 25.7 Å². The van der Waals surface area contributed by atoms with E-state index in [4.69, 9.17) is 44.2 Å². The molecule has 0 spiro atoms. The minimum Gasteiger partial charge on any atom is -0.399 e. The summed E-state index contributed by atoms with van der Waals surface area (Å²) in [6.07, 6.45) is 3.58. The van der Waals surface area contributed by atoms with Crippen LogP contribution in [0.5, 0.6) is 0 Å². The van der Waals surface area contributed by atoms with E-state index in [1.54, 1.807) is 12.4 Å². The number of para-hydroxylation sites is 9. The van der Waals surface area contributed by atoms with Gasteiger partial charge in [0.1, 0.15) is 28.9 Å². The maximum absolute atomic E-state index is 6.19. The van der Waals surface area contributed by atoms with Gasteiger partial charge in [-0.2, -0.15) is 0 Å². The van der Waals surface area contributed by atoms with Gasteiger partial charge in [0, 0.05) is 57.3 Å². The van der Waals surface area contributed by atoms with Gasteiger partial charge < -0.3 is 9.31 Å². The minimum absolute atomic E-state index is 0. The van der Waals surface area contributed by atoms with E-state index in [2.05, 4.69) is 254 Å². The Bertz CT molecular complexity index is 5150. The van der Waals surface area contributed by atoms with Crippen molar-refractivity contribution in [3.05, 3.63) is 298 Å². The first-order valence-corrected chi connectivity index (χ1v) is 31.5. The summed E-state index contributed by atoms with van der Waals surface area (Å²) in [6, 6.07) is 97.5. The quantitative estimate of drug-likeness (QED) is 0.116. The van der Waals surface area contributed by atoms with Crippen molar-refractivity contribution >= 4 is 56.7 Å². The van der Waals surface area contributed by atoms with Crippen LogP contribution in [0.15, 0.2) is 298 Å². The first kappa shape index (κ1) is 59.5. The molecule has 0 aliphatic carbocycles. The Morgan fingerprint density at radius 3 is 0.947 bits per heavy atom. The number of pyridine rings is 2. The van der Waals surface area contributed by atoms with E-state index in [0.29, 0.717) is 11.4 Å². The summed E-state index contributed by atoms with van der Waals surface area (Å²) in [7, 11) is -0.364. The lowest BCUT2D eigenvalue weighted by Crippen LogP contribution is -2.41. The lowest BCUT2D eigenvalue weighted by molar-refractivity contribution is 0.00578. The fourth-order valence-corrected chi connectivity index (χ4v) is 12.5. The zero-order valence-electron chi connectivity index (χ0n) is 52.2. The highest BCUT2D eigenvalue weighted by molar-refractivity contribution is 6.62. The molecule has 95 heavy (non-hydrogen) atoms. The number of hydrogen-bond donors (Lipinski definition) is 0. The van der Waals surface area contributed by atoms with Crippen LogP contribution in [0.25, 0.3) is 140 Å². The van der Waals surface area contributed by atoms with Gasteiger partial charge in [-0.25, -0.2) is 24.9 Å². The molecule has 7 heterocycles. The van der Waals surface area contributed by atoms with E-state index in [1.807, 2.05) is 72.8 Å². The number of benzene rings is 10. The molecule has 1 aliphatic rings. The van der Waals surface area contributed by atoms with Crippen LogP contribution in [0, 0.1) is 0 Å². The van der Waals surface area contributed by atoms with Crippen molar-refractivity contribution in [3.8, 4) is 96.3 Å². The Labute approximate surface area is 551 Å². The van der Waals surface area contributed by atoms with Gasteiger partial charge in [-0.05, 0) is 141 Å². The van der Waals surface area contributed by atoms with Crippen molar-refractivity contribution in [1.29, 1.82) is 0 Å². The average molecular weight is 1230 g/mol. The predicted octanol–water partition coefficient (Wildman–Crippen LogP) is 18.7. The molecule has 0 N–H and O–H groups in total. The van der Waals surface area contributed by atoms with Crippen LogP contribution < -0.4 is 5.46 Å². The zero-order chi connectivity index (χ0) is 63.3. The Kier molecular flexibility index (Phi) is 15.5. The largest absolute Gasteiger partial charge is 0.494 e. The molecule has 1 saturated heterocycles. The van der Waals surface area contributed by atoms with E-state index >= 15 is 0 Å². The first-order chi connectivity index (χ1) is 46.1. The van der Waals surface area contributed by atoms with E-state index in [0.717, 1.165) is 134 Å². The van der Waals surface area contributed by atoms with Gasteiger partial charge in [0.2, 0.25) is 0 Å². The Morgan fingerprint density at radius 2 is 0.611 bits per heavy atom. The third kappa shape index (κ3) is 11.0. The van der Waals surface area contributed by atoms with Gasteiger partial charge >= 0.3 is 7.12 Å². The molecule has 12 nitrogen and oxygen atoms in total. The summed E-state index contributed by atoms with van der Waals surface area (Å²) in [5.74, 6) is 2.67. The summed E-state index contributed by atoms with van der Waals surface area (Å²) >= 11 is 0. The predicted molar refractivity (Wildman–Crippen MR) is 386 cm³/mol. The number of rotatable bonds is 11. The summed E-state index contributed by atoms with van der Waals surface area (Å²) < 4.78 is 19.0. The van der Waals surface area contributed by atoms with Crippen molar-refractivity contribution < 1.29 is 9.31 Å². The normalized spacial score (nSPS) is 13.2. The molecule has 0 amide bonds. The highest BCUT2D eigenvalue weighted by Crippen LogP contribution is 2.41. The maximum Gasteiger partial charge on any atom is 0.494 e. The molecule has 0 saturated carbocycles. The van der Waals surface area contributed by atoms with Gasteiger partial charge in [-0.3, -0.25) is 23.7 Å². The monoisotopic (exact) mass is 1230 g/mol. The molecule has 0 bridgehead atoms. The van der Waals surface area contributed by atoms with Crippen molar-refractivity contribution in [1.82, 2.24) is 48.6 Å². The third-order valence-electron chi connectivity index (χ3n) is 18.0. The number of imidazole rings is 3.